The second-order valence-corrected chi connectivity index (χ2v) is 5.04. The van der Waals surface area contributed by atoms with Crippen molar-refractivity contribution in [2.75, 3.05) is 6.61 Å². The van der Waals surface area contributed by atoms with Gasteiger partial charge in [0, 0.05) is 25.9 Å². The SMILES string of the molecule is O=C(O)CCC(=O)CC(C(=O)CCC(=O)O)C(O)CCCO. The Balaban J connectivity index is 4.69. The zero-order chi connectivity index (χ0) is 17.1. The van der Waals surface area contributed by atoms with E-state index in [1.54, 1.807) is 0 Å². The van der Waals surface area contributed by atoms with Crippen LogP contribution in [0.3, 0.4) is 0 Å². The van der Waals surface area contributed by atoms with Crippen molar-refractivity contribution in [3.63, 3.8) is 0 Å². The quantitative estimate of drug-likeness (QED) is 0.370. The number of Topliss-reactive ketones (excluding diaryl/α,β-unsaturated/α-hetero) is 2. The second-order valence-electron chi connectivity index (χ2n) is 5.04. The standard InChI is InChI=1S/C14H22O8/c15-7-1-2-11(17)10(12(18)4-6-14(21)22)8-9(16)3-5-13(19)20/h10-11,15,17H,1-8H2,(H,19,20)(H,21,22). The minimum atomic E-state index is -1.16. The van der Waals surface area contributed by atoms with Gasteiger partial charge in [-0.2, -0.15) is 0 Å². The van der Waals surface area contributed by atoms with Gasteiger partial charge in [0.2, 0.25) is 0 Å². The number of carboxylic acids is 2. The van der Waals surface area contributed by atoms with Crippen molar-refractivity contribution in [3.05, 3.63) is 0 Å². The van der Waals surface area contributed by atoms with E-state index in [4.69, 9.17) is 15.3 Å². The van der Waals surface area contributed by atoms with Crippen LogP contribution < -0.4 is 0 Å². The molecule has 0 aliphatic rings. The number of carbonyl (C=O) groups is 4. The number of carbonyl (C=O) groups excluding carboxylic acids is 2. The third-order valence-corrected chi connectivity index (χ3v) is 3.19. The first kappa shape index (κ1) is 20.2. The predicted molar refractivity (Wildman–Crippen MR) is 74.2 cm³/mol. The summed E-state index contributed by atoms with van der Waals surface area (Å²) in [4.78, 5) is 44.6. The molecule has 0 amide bonds. The van der Waals surface area contributed by atoms with E-state index >= 15 is 0 Å². The molecule has 0 aromatic carbocycles. The first-order valence-corrected chi connectivity index (χ1v) is 7.04. The molecule has 22 heavy (non-hydrogen) atoms. The number of rotatable bonds is 13. The van der Waals surface area contributed by atoms with Gasteiger partial charge in [-0.25, -0.2) is 0 Å². The van der Waals surface area contributed by atoms with E-state index in [0.717, 1.165) is 0 Å². The van der Waals surface area contributed by atoms with E-state index in [1.165, 1.54) is 0 Å². The summed E-state index contributed by atoms with van der Waals surface area (Å²) in [5.41, 5.74) is 0. The van der Waals surface area contributed by atoms with Gasteiger partial charge < -0.3 is 20.4 Å². The van der Waals surface area contributed by atoms with Crippen molar-refractivity contribution >= 4 is 23.5 Å². The highest BCUT2D eigenvalue weighted by Crippen LogP contribution is 2.19. The van der Waals surface area contributed by atoms with Gasteiger partial charge in [-0.1, -0.05) is 0 Å². The lowest BCUT2D eigenvalue weighted by Gasteiger charge is -2.21. The summed E-state index contributed by atoms with van der Waals surface area (Å²) in [7, 11) is 0. The molecule has 0 spiro atoms. The van der Waals surface area contributed by atoms with Crippen LogP contribution in [0.25, 0.3) is 0 Å². The summed E-state index contributed by atoms with van der Waals surface area (Å²) in [6.07, 6.45) is -2.44. The van der Waals surface area contributed by atoms with Gasteiger partial charge in [0.25, 0.3) is 0 Å². The predicted octanol–water partition coefficient (Wildman–Crippen LogP) is -0.00610. The molecule has 0 bridgehead atoms. The highest BCUT2D eigenvalue weighted by Gasteiger charge is 2.28. The fourth-order valence-corrected chi connectivity index (χ4v) is 1.98. The smallest absolute Gasteiger partial charge is 0.303 e. The number of aliphatic hydroxyl groups excluding tert-OH is 2. The van der Waals surface area contributed by atoms with Crippen LogP contribution in [-0.4, -0.2) is 56.6 Å². The van der Waals surface area contributed by atoms with Crippen molar-refractivity contribution in [2.24, 2.45) is 5.92 Å². The first-order chi connectivity index (χ1) is 10.3. The summed E-state index contributed by atoms with van der Waals surface area (Å²) >= 11 is 0. The molecule has 0 saturated carbocycles. The third kappa shape index (κ3) is 9.19. The second kappa shape index (κ2) is 10.9. The van der Waals surface area contributed by atoms with Crippen LogP contribution >= 0.6 is 0 Å². The number of aliphatic hydroxyl groups is 2. The van der Waals surface area contributed by atoms with Crippen LogP contribution in [0.5, 0.6) is 0 Å². The Morgan fingerprint density at radius 2 is 1.41 bits per heavy atom. The molecule has 0 aromatic rings. The third-order valence-electron chi connectivity index (χ3n) is 3.19. The van der Waals surface area contributed by atoms with Gasteiger partial charge in [-0.05, 0) is 12.8 Å². The van der Waals surface area contributed by atoms with Crippen LogP contribution in [0.2, 0.25) is 0 Å². The average Bonchev–Trinajstić information content (AvgIpc) is 2.45. The van der Waals surface area contributed by atoms with Gasteiger partial charge in [-0.3, -0.25) is 19.2 Å². The molecule has 0 heterocycles. The Hall–Kier alpha value is -1.80. The van der Waals surface area contributed by atoms with Gasteiger partial charge >= 0.3 is 11.9 Å². The van der Waals surface area contributed by atoms with Gasteiger partial charge in [-0.15, -0.1) is 0 Å². The maximum Gasteiger partial charge on any atom is 0.303 e. The van der Waals surface area contributed by atoms with Crippen molar-refractivity contribution in [3.8, 4) is 0 Å². The van der Waals surface area contributed by atoms with E-state index in [-0.39, 0.29) is 45.1 Å². The Morgan fingerprint density at radius 1 is 0.864 bits per heavy atom. The molecule has 4 N–H and O–H groups in total. The summed E-state index contributed by atoms with van der Waals surface area (Å²) < 4.78 is 0. The Morgan fingerprint density at radius 3 is 1.91 bits per heavy atom. The molecule has 126 valence electrons. The molecule has 2 atom stereocenters. The van der Waals surface area contributed by atoms with Crippen LogP contribution in [-0.2, 0) is 19.2 Å². The number of carboxylic acid groups (broad SMARTS) is 2. The highest BCUT2D eigenvalue weighted by atomic mass is 16.4. The number of ketones is 2. The molecule has 8 heteroatoms. The monoisotopic (exact) mass is 318 g/mol. The highest BCUT2D eigenvalue weighted by molar-refractivity contribution is 5.90. The van der Waals surface area contributed by atoms with E-state index in [2.05, 4.69) is 0 Å². The molecule has 8 nitrogen and oxygen atoms in total. The van der Waals surface area contributed by atoms with Gasteiger partial charge in [0.1, 0.15) is 11.6 Å². The number of hydrogen-bond donors (Lipinski definition) is 4. The number of aliphatic carboxylic acids is 2. The fraction of sp³-hybridized carbons (Fsp3) is 0.714. The summed E-state index contributed by atoms with van der Waals surface area (Å²) in [5, 5.41) is 35.8. The molecule has 0 fully saturated rings. The lowest BCUT2D eigenvalue weighted by molar-refractivity contribution is -0.141. The van der Waals surface area contributed by atoms with Crippen molar-refractivity contribution < 1.29 is 39.6 Å². The summed E-state index contributed by atoms with van der Waals surface area (Å²) in [6, 6.07) is 0. The Kier molecular flexibility index (Phi) is 9.97. The van der Waals surface area contributed by atoms with Crippen molar-refractivity contribution in [2.45, 2.75) is 51.0 Å². The number of hydrogen-bond acceptors (Lipinski definition) is 6. The summed E-state index contributed by atoms with van der Waals surface area (Å²) in [6.45, 7) is -0.180. The van der Waals surface area contributed by atoms with Crippen LogP contribution in [0.15, 0.2) is 0 Å². The molecule has 0 radical (unpaired) electrons. The van der Waals surface area contributed by atoms with E-state index in [1.807, 2.05) is 0 Å². The van der Waals surface area contributed by atoms with Crippen molar-refractivity contribution in [1.82, 2.24) is 0 Å². The zero-order valence-corrected chi connectivity index (χ0v) is 12.2. The van der Waals surface area contributed by atoms with E-state index in [9.17, 15) is 24.3 Å². The molecule has 0 saturated heterocycles. The minimum Gasteiger partial charge on any atom is -0.481 e. The first-order valence-electron chi connectivity index (χ1n) is 7.04. The lowest BCUT2D eigenvalue weighted by atomic mass is 9.86. The zero-order valence-electron chi connectivity index (χ0n) is 12.2. The molecular weight excluding hydrogens is 296 g/mol. The van der Waals surface area contributed by atoms with Crippen LogP contribution in [0, 0.1) is 5.92 Å². The fourth-order valence-electron chi connectivity index (χ4n) is 1.98. The maximum absolute atomic E-state index is 12.0. The maximum atomic E-state index is 12.0. The molecule has 2 unspecified atom stereocenters. The molecule has 0 aliphatic carbocycles. The molecule has 0 aromatic heterocycles. The molecule has 0 aliphatic heterocycles. The van der Waals surface area contributed by atoms with Crippen LogP contribution in [0.1, 0.15) is 44.9 Å². The average molecular weight is 318 g/mol. The lowest BCUT2D eigenvalue weighted by Crippen LogP contribution is -2.31. The summed E-state index contributed by atoms with van der Waals surface area (Å²) in [5.74, 6) is -4.38. The van der Waals surface area contributed by atoms with Crippen molar-refractivity contribution in [1.29, 1.82) is 0 Å². The Bertz CT molecular complexity index is 404. The minimum absolute atomic E-state index is 0.103. The van der Waals surface area contributed by atoms with Crippen LogP contribution in [0.4, 0.5) is 0 Å². The van der Waals surface area contributed by atoms with Gasteiger partial charge in [0.15, 0.2) is 0 Å². The van der Waals surface area contributed by atoms with E-state index in [0.29, 0.717) is 0 Å². The largest absolute Gasteiger partial charge is 0.481 e. The molecular formula is C14H22O8. The van der Waals surface area contributed by atoms with Gasteiger partial charge in [0.05, 0.1) is 24.9 Å². The molecule has 0 rings (SSSR count). The topological polar surface area (TPSA) is 149 Å². The Labute approximate surface area is 127 Å². The van der Waals surface area contributed by atoms with E-state index < -0.39 is 41.9 Å². The normalized spacial score (nSPS) is 13.4.